The van der Waals surface area contributed by atoms with Crippen molar-refractivity contribution in [3.05, 3.63) is 119 Å². The lowest BCUT2D eigenvalue weighted by Gasteiger charge is -2.41. The van der Waals surface area contributed by atoms with E-state index in [0.29, 0.717) is 35.4 Å². The zero-order valence-electron chi connectivity index (χ0n) is 49.6. The van der Waals surface area contributed by atoms with Gasteiger partial charge >= 0.3 is 12.1 Å². The van der Waals surface area contributed by atoms with Crippen molar-refractivity contribution in [2.75, 3.05) is 46.5 Å². The topological polar surface area (TPSA) is 202 Å². The molecule has 7 heterocycles. The molecule has 11 rings (SSSR count). The molecule has 3 saturated heterocycles. The summed E-state index contributed by atoms with van der Waals surface area (Å²) in [4.78, 5) is 67.1. The largest absolute Gasteiger partial charge is 0.508 e. The number of β-amino-alcohol motifs (C(OH)–C–C–N with tert-alkyl or cyclic N) is 1. The average Bonchev–Trinajstić information content (AvgIpc) is 3.28. The molecule has 5 aliphatic rings. The number of thiazole rings is 1. The van der Waals surface area contributed by atoms with Gasteiger partial charge in [-0.1, -0.05) is 102 Å². The van der Waals surface area contributed by atoms with Gasteiger partial charge in [-0.15, -0.1) is 11.3 Å². The summed E-state index contributed by atoms with van der Waals surface area (Å²) in [5, 5.41) is 27.0. The molecule has 0 radical (unpaired) electrons. The summed E-state index contributed by atoms with van der Waals surface area (Å²) in [6.45, 7) is 15.2. The maximum Gasteiger partial charge on any atom is 0.409 e. The number of hydrogen-bond donors (Lipinski definition) is 3. The van der Waals surface area contributed by atoms with Gasteiger partial charge in [-0.2, -0.15) is 9.97 Å². The number of rotatable bonds is 17. The number of amides is 3. The van der Waals surface area contributed by atoms with Crippen molar-refractivity contribution in [1.29, 1.82) is 0 Å². The molecule has 1 aliphatic carbocycles. The lowest BCUT2D eigenvalue weighted by molar-refractivity contribution is -0.143. The number of likely N-dealkylation sites (N-methyl/N-ethyl adjacent to an activating group) is 1. The zero-order chi connectivity index (χ0) is 59.6. The monoisotopic (exact) mass is 1180 g/mol. The van der Waals surface area contributed by atoms with Crippen LogP contribution < -0.4 is 10.1 Å². The first-order valence-corrected chi connectivity index (χ1v) is 31.3. The number of aromatic nitrogens is 4. The second kappa shape index (κ2) is 25.9. The van der Waals surface area contributed by atoms with E-state index in [-0.39, 0.29) is 104 Å². The van der Waals surface area contributed by atoms with Gasteiger partial charge in [0.05, 0.1) is 59.0 Å². The fourth-order valence-corrected chi connectivity index (χ4v) is 14.0. The van der Waals surface area contributed by atoms with E-state index in [4.69, 9.17) is 33.9 Å². The van der Waals surface area contributed by atoms with Gasteiger partial charge in [-0.25, -0.2) is 14.2 Å². The third kappa shape index (κ3) is 12.8. The number of fused-ring (bicyclic) bond motifs is 2. The number of pyridine rings is 1. The van der Waals surface area contributed by atoms with Crippen LogP contribution in [0.25, 0.3) is 43.4 Å². The van der Waals surface area contributed by atoms with E-state index in [1.54, 1.807) is 40.6 Å². The Balaban J connectivity index is 0.689. The third-order valence-corrected chi connectivity index (χ3v) is 19.1. The minimum atomic E-state index is -0.871. The van der Waals surface area contributed by atoms with Crippen LogP contribution in [0.15, 0.2) is 90.3 Å². The van der Waals surface area contributed by atoms with E-state index in [0.717, 1.165) is 102 Å². The Morgan fingerprint density at radius 3 is 2.40 bits per heavy atom. The number of benzene rings is 3. The third-order valence-electron chi connectivity index (χ3n) is 18.1. The van der Waals surface area contributed by atoms with Gasteiger partial charge in [-0.3, -0.25) is 19.5 Å². The molecule has 7 atom stereocenters. The molecular weight excluding hydrogens is 1100 g/mol. The number of carbonyl (C=O) groups is 3. The highest BCUT2D eigenvalue weighted by Crippen LogP contribution is 2.41. The molecule has 4 aliphatic heterocycles. The summed E-state index contributed by atoms with van der Waals surface area (Å²) in [5.74, 6) is -1.65. The molecule has 450 valence electrons. The van der Waals surface area contributed by atoms with Crippen LogP contribution in [0.4, 0.5) is 9.18 Å². The molecule has 3 aromatic carbocycles. The number of phenols is 1. The molecule has 3 aromatic heterocycles. The molecule has 4 fully saturated rings. The van der Waals surface area contributed by atoms with Crippen molar-refractivity contribution in [2.24, 2.45) is 11.8 Å². The lowest BCUT2D eigenvalue weighted by Crippen LogP contribution is -2.56. The molecular formula is C66H79FN8O9S. The number of nitrogens with zero attached hydrogens (tertiary/aromatic N) is 7. The highest BCUT2D eigenvalue weighted by atomic mass is 32.1. The number of nitrogens with one attached hydrogen (secondary N) is 1. The van der Waals surface area contributed by atoms with Gasteiger partial charge in [0, 0.05) is 48.1 Å². The molecule has 17 nitrogen and oxygen atoms in total. The van der Waals surface area contributed by atoms with Gasteiger partial charge in [0.1, 0.15) is 54.7 Å². The first-order valence-electron chi connectivity index (χ1n) is 30.4. The first-order chi connectivity index (χ1) is 41.0. The van der Waals surface area contributed by atoms with Gasteiger partial charge in [0.2, 0.25) is 11.8 Å². The second-order valence-corrected chi connectivity index (χ2v) is 25.1. The van der Waals surface area contributed by atoms with Crippen LogP contribution in [0.1, 0.15) is 126 Å². The zero-order valence-corrected chi connectivity index (χ0v) is 50.4. The summed E-state index contributed by atoms with van der Waals surface area (Å²) < 4.78 is 42.2. The van der Waals surface area contributed by atoms with E-state index in [1.165, 1.54) is 11.3 Å². The fraction of sp³-hybridized carbons (Fsp3) is 0.500. The first kappa shape index (κ1) is 59.7. The van der Waals surface area contributed by atoms with Crippen molar-refractivity contribution in [1.82, 2.24) is 40.0 Å². The normalized spacial score (nSPS) is 22.4. The molecule has 0 bridgehead atoms. The number of aryl methyl sites for hydroxylation is 2. The Bertz CT molecular complexity index is 3470. The number of carbonyl (C=O) groups excluding carboxylic acids is 3. The Labute approximate surface area is 500 Å². The summed E-state index contributed by atoms with van der Waals surface area (Å²) in [7, 11) is 1.99. The number of halogens is 1. The van der Waals surface area contributed by atoms with Crippen molar-refractivity contribution in [3.8, 4) is 33.5 Å². The fourth-order valence-electron chi connectivity index (χ4n) is 13.1. The molecule has 19 heteroatoms. The number of aliphatic hydroxyl groups excluding tert-OH is 1. The maximum absolute atomic E-state index is 17.2. The molecule has 3 amide bonds. The van der Waals surface area contributed by atoms with Crippen LogP contribution in [-0.4, -0.2) is 146 Å². The average molecular weight is 1180 g/mol. The standard InChI is InChI=1S/C66H79FN8O9S/c1-8-41-17-14-18-45-25-48(76)26-51(57(41)45)60-58(67)61-52(29-68-60)59(43-15-12-10-9-11-13-16-43)71-65(72-61)82-34-46-23-24-47(73(46)7)35-83-66(80)74-31-50(32-74)84-54-28-55(81-33-38(54)4)56(37(2)3)64(79)75-30-49(77)27-53(75)63(78)70-39(5)42-19-21-44(22-20-42)62-40(6)69-36-85-62/h14,17-22,25-26,28-29,36-37,39,43,46-47,49-50,53-54,56,76-77H,4,8-13,15-16,23-24,27,30-35H2,1-3,5-7H3,(H,70,78)/t39-,46-,47-,49+,53-,54?,56+/m0/s1. The predicted octanol–water partition coefficient (Wildman–Crippen LogP) is 11.1. The Morgan fingerprint density at radius 2 is 1.68 bits per heavy atom. The van der Waals surface area contributed by atoms with Gasteiger partial charge in [-0.05, 0) is 110 Å². The number of aromatic hydroxyl groups is 1. The minimum Gasteiger partial charge on any atom is -0.508 e. The highest BCUT2D eigenvalue weighted by molar-refractivity contribution is 7.13. The van der Waals surface area contributed by atoms with Crippen LogP contribution in [-0.2, 0) is 30.2 Å². The van der Waals surface area contributed by atoms with Gasteiger partial charge in [0.25, 0.3) is 0 Å². The smallest absolute Gasteiger partial charge is 0.409 e. The van der Waals surface area contributed by atoms with E-state index >= 15 is 4.39 Å². The van der Waals surface area contributed by atoms with Crippen molar-refractivity contribution in [3.63, 3.8) is 0 Å². The maximum atomic E-state index is 17.2. The van der Waals surface area contributed by atoms with Crippen LogP contribution in [0.2, 0.25) is 0 Å². The molecule has 0 spiro atoms. The van der Waals surface area contributed by atoms with Crippen molar-refractivity contribution in [2.45, 2.75) is 154 Å². The van der Waals surface area contributed by atoms with E-state index < -0.39 is 36.1 Å². The SMILES string of the molecule is C=C1COC([C@H](C(=O)N2C[C@H](O)C[C@H]2C(=O)N[C@@H](C)c2ccc(-c3scnc3C)cc2)C(C)C)=CC1OC1CN(C(=O)OC[C@@H]2CC[C@@H](COc3nc(C4CCCCCCC4)c4cnc(-c5cc(O)cc6cccc(CC)c56)c(F)c4n3)N2C)C1. The quantitative estimate of drug-likeness (QED) is 0.0728. The summed E-state index contributed by atoms with van der Waals surface area (Å²) in [6.07, 6.45) is 11.1. The Hall–Kier alpha value is -7.06. The van der Waals surface area contributed by atoms with Crippen LogP contribution in [0, 0.1) is 24.6 Å². The number of aliphatic hydroxyl groups is 1. The Morgan fingerprint density at radius 1 is 0.941 bits per heavy atom. The summed E-state index contributed by atoms with van der Waals surface area (Å²) >= 11 is 1.58. The minimum absolute atomic E-state index is 0.0191. The second-order valence-electron chi connectivity index (χ2n) is 24.3. The van der Waals surface area contributed by atoms with Crippen LogP contribution in [0.3, 0.4) is 0 Å². The summed E-state index contributed by atoms with van der Waals surface area (Å²) in [6, 6.07) is 15.9. The molecule has 3 N–H and O–H groups in total. The van der Waals surface area contributed by atoms with Crippen LogP contribution in [0.5, 0.6) is 11.8 Å². The highest BCUT2D eigenvalue weighted by Gasteiger charge is 2.45. The molecule has 85 heavy (non-hydrogen) atoms. The predicted molar refractivity (Wildman–Crippen MR) is 324 cm³/mol. The number of hydrogen-bond acceptors (Lipinski definition) is 15. The van der Waals surface area contributed by atoms with Crippen LogP contribution >= 0.6 is 11.3 Å². The number of likely N-dealkylation sites (tertiary alicyclic amines) is 3. The van der Waals surface area contributed by atoms with Gasteiger partial charge in [0.15, 0.2) is 5.82 Å². The molecule has 6 aromatic rings. The number of phenolic OH excluding ortho intramolecular Hbond substituents is 1. The van der Waals surface area contributed by atoms with Crippen molar-refractivity contribution < 1.29 is 47.9 Å². The Kier molecular flexibility index (Phi) is 18.2. The molecule has 1 unspecified atom stereocenters. The van der Waals surface area contributed by atoms with Gasteiger partial charge < -0.3 is 44.3 Å². The van der Waals surface area contributed by atoms with Crippen molar-refractivity contribution >= 4 is 50.9 Å². The van der Waals surface area contributed by atoms with E-state index in [1.807, 2.05) is 82.7 Å². The van der Waals surface area contributed by atoms with E-state index in [2.05, 4.69) is 28.7 Å². The number of ether oxygens (including phenoxy) is 4. The molecule has 1 saturated carbocycles. The summed E-state index contributed by atoms with van der Waals surface area (Å²) in [5.41, 5.74) is 7.98. The lowest BCUT2D eigenvalue weighted by atomic mass is 9.87. The van der Waals surface area contributed by atoms with E-state index in [9.17, 15) is 24.6 Å².